The number of aromatic nitrogens is 2. The summed E-state index contributed by atoms with van der Waals surface area (Å²) in [4.78, 5) is 26.4. The minimum Gasteiger partial charge on any atom is -0.355 e. The second kappa shape index (κ2) is 5.47. The SMILES string of the molecule is Cn1cc(N2CCN(c3ccccc3[N+](=O)[O-])CC2=O)cn1. The van der Waals surface area contributed by atoms with E-state index >= 15 is 0 Å². The van der Waals surface area contributed by atoms with E-state index in [1.54, 1.807) is 52.1 Å². The number of hydrogen-bond acceptors (Lipinski definition) is 5. The van der Waals surface area contributed by atoms with Crippen LogP contribution in [0.5, 0.6) is 0 Å². The molecule has 8 heteroatoms. The summed E-state index contributed by atoms with van der Waals surface area (Å²) in [6, 6.07) is 6.48. The first-order chi connectivity index (χ1) is 10.6. The fourth-order valence-corrected chi connectivity index (χ4v) is 2.59. The van der Waals surface area contributed by atoms with Gasteiger partial charge in [0.2, 0.25) is 5.91 Å². The van der Waals surface area contributed by atoms with Gasteiger partial charge in [-0.25, -0.2) is 0 Å². The third kappa shape index (κ3) is 2.50. The van der Waals surface area contributed by atoms with Crippen molar-refractivity contribution in [1.29, 1.82) is 0 Å². The molecule has 1 aliphatic rings. The van der Waals surface area contributed by atoms with E-state index in [-0.39, 0.29) is 18.1 Å². The Bertz CT molecular complexity index is 727. The van der Waals surface area contributed by atoms with Crippen molar-refractivity contribution in [2.24, 2.45) is 7.05 Å². The van der Waals surface area contributed by atoms with Crippen molar-refractivity contribution < 1.29 is 9.72 Å². The van der Waals surface area contributed by atoms with Crippen LogP contribution < -0.4 is 9.80 Å². The number of nitro groups is 1. The molecule has 0 N–H and O–H groups in total. The third-order valence-electron chi connectivity index (χ3n) is 3.64. The van der Waals surface area contributed by atoms with E-state index in [1.165, 1.54) is 6.07 Å². The van der Waals surface area contributed by atoms with E-state index in [9.17, 15) is 14.9 Å². The number of nitro benzene ring substituents is 1. The van der Waals surface area contributed by atoms with Gasteiger partial charge < -0.3 is 9.80 Å². The van der Waals surface area contributed by atoms with Crippen LogP contribution in [0.3, 0.4) is 0 Å². The van der Waals surface area contributed by atoms with Crippen LogP contribution in [0.15, 0.2) is 36.7 Å². The normalized spacial score (nSPS) is 15.2. The van der Waals surface area contributed by atoms with Gasteiger partial charge in [-0.2, -0.15) is 5.10 Å². The van der Waals surface area contributed by atoms with Crippen molar-refractivity contribution in [1.82, 2.24) is 9.78 Å². The van der Waals surface area contributed by atoms with Crippen molar-refractivity contribution >= 4 is 23.0 Å². The van der Waals surface area contributed by atoms with Gasteiger partial charge in [0.25, 0.3) is 5.69 Å². The van der Waals surface area contributed by atoms with Crippen LogP contribution in [-0.4, -0.2) is 40.2 Å². The van der Waals surface area contributed by atoms with Gasteiger partial charge in [0.15, 0.2) is 0 Å². The smallest absolute Gasteiger partial charge is 0.292 e. The Hall–Kier alpha value is -2.90. The molecule has 2 heterocycles. The Morgan fingerprint density at radius 3 is 2.68 bits per heavy atom. The number of carbonyl (C=O) groups excluding carboxylic acids is 1. The van der Waals surface area contributed by atoms with E-state index < -0.39 is 4.92 Å². The molecule has 114 valence electrons. The van der Waals surface area contributed by atoms with Crippen LogP contribution >= 0.6 is 0 Å². The number of para-hydroxylation sites is 2. The Labute approximate surface area is 126 Å². The molecule has 0 radical (unpaired) electrons. The van der Waals surface area contributed by atoms with Gasteiger partial charge in [-0.3, -0.25) is 19.6 Å². The average Bonchev–Trinajstić information content (AvgIpc) is 2.93. The Morgan fingerprint density at radius 1 is 1.27 bits per heavy atom. The number of carbonyl (C=O) groups is 1. The predicted molar refractivity (Wildman–Crippen MR) is 80.9 cm³/mol. The van der Waals surface area contributed by atoms with Crippen LogP contribution in [0.2, 0.25) is 0 Å². The maximum atomic E-state index is 12.3. The van der Waals surface area contributed by atoms with Crippen molar-refractivity contribution in [2.75, 3.05) is 29.4 Å². The van der Waals surface area contributed by atoms with Crippen LogP contribution in [0.25, 0.3) is 0 Å². The standard InChI is InChI=1S/C14H15N5O3/c1-16-9-11(8-15-16)18-7-6-17(10-14(18)20)12-4-2-3-5-13(12)19(21)22/h2-5,8-9H,6-7,10H2,1H3. The lowest BCUT2D eigenvalue weighted by atomic mass is 10.2. The molecule has 3 rings (SSSR count). The lowest BCUT2D eigenvalue weighted by molar-refractivity contribution is -0.384. The number of benzene rings is 1. The minimum atomic E-state index is -0.423. The molecule has 0 aliphatic carbocycles. The summed E-state index contributed by atoms with van der Waals surface area (Å²) in [5, 5.41) is 15.2. The lowest BCUT2D eigenvalue weighted by Crippen LogP contribution is -2.50. The zero-order chi connectivity index (χ0) is 15.7. The van der Waals surface area contributed by atoms with Crippen LogP contribution in [0.4, 0.5) is 17.1 Å². The molecule has 1 saturated heterocycles. The molecule has 1 fully saturated rings. The third-order valence-corrected chi connectivity index (χ3v) is 3.64. The zero-order valence-electron chi connectivity index (χ0n) is 12.0. The molecule has 0 bridgehead atoms. The second-order valence-corrected chi connectivity index (χ2v) is 5.08. The van der Waals surface area contributed by atoms with Crippen LogP contribution in [-0.2, 0) is 11.8 Å². The monoisotopic (exact) mass is 301 g/mol. The zero-order valence-corrected chi connectivity index (χ0v) is 12.0. The van der Waals surface area contributed by atoms with Gasteiger partial charge >= 0.3 is 0 Å². The van der Waals surface area contributed by atoms with Gasteiger partial charge in [-0.15, -0.1) is 0 Å². The number of nitrogens with zero attached hydrogens (tertiary/aromatic N) is 5. The molecule has 1 aliphatic heterocycles. The van der Waals surface area contributed by atoms with E-state index in [0.29, 0.717) is 18.8 Å². The molecule has 22 heavy (non-hydrogen) atoms. The van der Waals surface area contributed by atoms with Gasteiger partial charge in [0, 0.05) is 32.4 Å². The summed E-state index contributed by atoms with van der Waals surface area (Å²) >= 11 is 0. The first kappa shape index (κ1) is 14.1. The minimum absolute atomic E-state index is 0.0186. The Balaban J connectivity index is 1.81. The molecule has 0 saturated carbocycles. The van der Waals surface area contributed by atoms with E-state index in [1.807, 2.05) is 0 Å². The molecule has 1 aromatic heterocycles. The molecule has 0 unspecified atom stereocenters. The fraction of sp³-hybridized carbons (Fsp3) is 0.286. The highest BCUT2D eigenvalue weighted by atomic mass is 16.6. The number of piperazine rings is 1. The lowest BCUT2D eigenvalue weighted by Gasteiger charge is -2.34. The molecule has 1 aromatic carbocycles. The van der Waals surface area contributed by atoms with Crippen molar-refractivity contribution in [3.63, 3.8) is 0 Å². The summed E-state index contributed by atoms with van der Waals surface area (Å²) in [6.07, 6.45) is 3.41. The largest absolute Gasteiger partial charge is 0.355 e. The number of hydrogen-bond donors (Lipinski definition) is 0. The molecular weight excluding hydrogens is 286 g/mol. The summed E-state index contributed by atoms with van der Waals surface area (Å²) in [5.41, 5.74) is 1.24. The van der Waals surface area contributed by atoms with E-state index in [2.05, 4.69) is 5.10 Å². The first-order valence-corrected chi connectivity index (χ1v) is 6.83. The van der Waals surface area contributed by atoms with Gasteiger partial charge in [0.1, 0.15) is 5.69 Å². The quantitative estimate of drug-likeness (QED) is 0.628. The maximum absolute atomic E-state index is 12.3. The van der Waals surface area contributed by atoms with Crippen molar-refractivity contribution in [2.45, 2.75) is 0 Å². The van der Waals surface area contributed by atoms with E-state index in [4.69, 9.17) is 0 Å². The van der Waals surface area contributed by atoms with Crippen LogP contribution in [0.1, 0.15) is 0 Å². The highest BCUT2D eigenvalue weighted by molar-refractivity contribution is 5.97. The number of amides is 1. The van der Waals surface area contributed by atoms with Crippen molar-refractivity contribution in [3.05, 3.63) is 46.8 Å². The molecule has 0 spiro atoms. The number of aryl methyl sites for hydroxylation is 1. The van der Waals surface area contributed by atoms with Gasteiger partial charge in [-0.1, -0.05) is 12.1 Å². The maximum Gasteiger partial charge on any atom is 0.292 e. The second-order valence-electron chi connectivity index (χ2n) is 5.08. The highest BCUT2D eigenvalue weighted by Crippen LogP contribution is 2.29. The Morgan fingerprint density at radius 2 is 2.05 bits per heavy atom. The summed E-state index contributed by atoms with van der Waals surface area (Å²) in [6.45, 7) is 1.11. The fourth-order valence-electron chi connectivity index (χ4n) is 2.59. The van der Waals surface area contributed by atoms with Gasteiger partial charge in [-0.05, 0) is 6.07 Å². The van der Waals surface area contributed by atoms with Crippen LogP contribution in [0, 0.1) is 10.1 Å². The number of rotatable bonds is 3. The average molecular weight is 301 g/mol. The Kier molecular flexibility index (Phi) is 3.50. The summed E-state index contributed by atoms with van der Waals surface area (Å²) in [7, 11) is 1.79. The first-order valence-electron chi connectivity index (χ1n) is 6.83. The topological polar surface area (TPSA) is 84.5 Å². The molecular formula is C14H15N5O3. The van der Waals surface area contributed by atoms with E-state index in [0.717, 1.165) is 5.69 Å². The molecule has 0 atom stereocenters. The predicted octanol–water partition coefficient (Wildman–Crippen LogP) is 1.18. The molecule has 8 nitrogen and oxygen atoms in total. The highest BCUT2D eigenvalue weighted by Gasteiger charge is 2.29. The number of anilines is 2. The van der Waals surface area contributed by atoms with Gasteiger partial charge in [0.05, 0.1) is 23.4 Å². The molecule has 2 aromatic rings. The summed E-state index contributed by atoms with van der Waals surface area (Å²) < 4.78 is 1.64. The molecule has 1 amide bonds. The van der Waals surface area contributed by atoms with Crippen molar-refractivity contribution in [3.8, 4) is 0 Å². The summed E-state index contributed by atoms with van der Waals surface area (Å²) in [5.74, 6) is -0.0996.